The van der Waals surface area contributed by atoms with Gasteiger partial charge in [-0.25, -0.2) is 4.79 Å². The van der Waals surface area contributed by atoms with Gasteiger partial charge in [0.1, 0.15) is 23.1 Å². The molecule has 1 spiro atoms. The third-order valence-electron chi connectivity index (χ3n) is 11.6. The molecule has 3 N–H and O–H groups in total. The first-order chi connectivity index (χ1) is 22.7. The van der Waals surface area contributed by atoms with Gasteiger partial charge in [0.05, 0.1) is 6.61 Å². The summed E-state index contributed by atoms with van der Waals surface area (Å²) in [5.41, 5.74) is 4.82. The number of ether oxygens (including phenoxy) is 2. The van der Waals surface area contributed by atoms with E-state index in [1.54, 1.807) is 0 Å². The van der Waals surface area contributed by atoms with Gasteiger partial charge in [0.15, 0.2) is 0 Å². The van der Waals surface area contributed by atoms with Gasteiger partial charge in [-0.2, -0.15) is 0 Å². The van der Waals surface area contributed by atoms with Crippen LogP contribution >= 0.6 is 11.6 Å². The molecule has 1 aliphatic heterocycles. The molecule has 4 atom stereocenters. The van der Waals surface area contributed by atoms with Crippen LogP contribution in [0.25, 0.3) is 0 Å². The van der Waals surface area contributed by atoms with E-state index in [1.807, 2.05) is 36.5 Å². The van der Waals surface area contributed by atoms with Crippen molar-refractivity contribution < 1.29 is 19.4 Å². The molecule has 1 aromatic heterocycles. The van der Waals surface area contributed by atoms with Gasteiger partial charge >= 0.3 is 5.97 Å². The Morgan fingerprint density at radius 2 is 2.00 bits per heavy atom. The van der Waals surface area contributed by atoms with Gasteiger partial charge in [-0.3, -0.25) is 4.98 Å². The summed E-state index contributed by atoms with van der Waals surface area (Å²) in [5.74, 6) is 2.33. The van der Waals surface area contributed by atoms with E-state index in [2.05, 4.69) is 47.7 Å². The zero-order valence-electron chi connectivity index (χ0n) is 27.7. The Morgan fingerprint density at radius 1 is 1.15 bits per heavy atom. The third kappa shape index (κ3) is 6.46. The van der Waals surface area contributed by atoms with Gasteiger partial charge in [-0.05, 0) is 141 Å². The molecule has 7 nitrogen and oxygen atoms in total. The minimum Gasteiger partial charge on any atom is -0.493 e. The molecular weight excluding hydrogens is 610 g/mol. The number of aliphatic carboxylic acids is 1. The first-order valence-corrected chi connectivity index (χ1v) is 18.0. The van der Waals surface area contributed by atoms with Crippen molar-refractivity contribution >= 4 is 23.3 Å². The number of carbonyl (C=O) groups is 1. The lowest BCUT2D eigenvalue weighted by molar-refractivity contribution is -0.144. The zero-order valence-corrected chi connectivity index (χ0v) is 28.5. The Labute approximate surface area is 283 Å². The molecule has 2 aromatic carbocycles. The fourth-order valence-corrected chi connectivity index (χ4v) is 9.26. The molecule has 8 heteroatoms. The van der Waals surface area contributed by atoms with Crippen LogP contribution in [-0.2, 0) is 23.1 Å². The van der Waals surface area contributed by atoms with Gasteiger partial charge in [0, 0.05) is 34.7 Å². The van der Waals surface area contributed by atoms with Crippen LogP contribution in [0.3, 0.4) is 0 Å². The summed E-state index contributed by atoms with van der Waals surface area (Å²) in [6.45, 7) is 7.11. The number of carboxylic acid groups (broad SMARTS) is 1. The van der Waals surface area contributed by atoms with E-state index >= 15 is 0 Å². The van der Waals surface area contributed by atoms with E-state index in [0.29, 0.717) is 42.2 Å². The Hall–Kier alpha value is -3.29. The molecule has 1 saturated carbocycles. The molecule has 3 aliphatic carbocycles. The maximum atomic E-state index is 12.9. The average molecular weight is 658 g/mol. The molecule has 7 rings (SSSR count). The number of aryl methyl sites for hydroxylation is 1. The molecule has 4 aliphatic rings. The van der Waals surface area contributed by atoms with Crippen molar-refractivity contribution in [2.75, 3.05) is 25.0 Å². The normalized spacial score (nSPS) is 28.8. The van der Waals surface area contributed by atoms with E-state index in [4.69, 9.17) is 21.1 Å². The topological polar surface area (TPSA) is 92.7 Å². The highest BCUT2D eigenvalue weighted by molar-refractivity contribution is 6.30. The zero-order chi connectivity index (χ0) is 32.6. The highest BCUT2D eigenvalue weighted by Gasteiger charge is 2.54. The Morgan fingerprint density at radius 3 is 2.77 bits per heavy atom. The molecular formula is C39H48ClN3O4. The minimum atomic E-state index is -1.04. The largest absolute Gasteiger partial charge is 0.493 e. The number of nitrogens with one attached hydrogen (secondary N) is 2. The molecule has 0 amide bonds. The predicted octanol–water partition coefficient (Wildman–Crippen LogP) is 7.94. The summed E-state index contributed by atoms with van der Waals surface area (Å²) in [5, 5.41) is 18.0. The number of fused-ring (bicyclic) bond motifs is 3. The summed E-state index contributed by atoms with van der Waals surface area (Å²) in [7, 11) is 0. The van der Waals surface area contributed by atoms with Crippen LogP contribution < -0.4 is 20.1 Å². The van der Waals surface area contributed by atoms with E-state index in [1.165, 1.54) is 35.2 Å². The van der Waals surface area contributed by atoms with E-state index in [9.17, 15) is 9.90 Å². The fraction of sp³-hybridized carbons (Fsp3) is 0.538. The van der Waals surface area contributed by atoms with Crippen LogP contribution in [-0.4, -0.2) is 47.4 Å². The molecule has 3 aromatic rings. The SMILES string of the molecule is C[C@@H](COc1ccnc2c1[C@H](C)CCC2)C[C@H]1Cc2ccc(O[C@H]3CCNC3)cc2C12CCC(Nc1cccc(Cl)c1)(C(=O)O)CC2. The van der Waals surface area contributed by atoms with Crippen LogP contribution in [0.15, 0.2) is 54.7 Å². The molecule has 47 heavy (non-hydrogen) atoms. The molecule has 0 radical (unpaired) electrons. The van der Waals surface area contributed by atoms with Crippen LogP contribution in [0.2, 0.25) is 5.02 Å². The minimum absolute atomic E-state index is 0.115. The van der Waals surface area contributed by atoms with Crippen molar-refractivity contribution in [2.45, 2.75) is 101 Å². The number of anilines is 1. The smallest absolute Gasteiger partial charge is 0.329 e. The first-order valence-electron chi connectivity index (χ1n) is 17.6. The maximum absolute atomic E-state index is 12.9. The highest BCUT2D eigenvalue weighted by Crippen LogP contribution is 2.57. The monoisotopic (exact) mass is 657 g/mol. The quantitative estimate of drug-likeness (QED) is 0.204. The second kappa shape index (κ2) is 13.3. The lowest BCUT2D eigenvalue weighted by Gasteiger charge is -2.47. The summed E-state index contributed by atoms with van der Waals surface area (Å²) >= 11 is 6.28. The van der Waals surface area contributed by atoms with Crippen LogP contribution in [0, 0.1) is 11.8 Å². The summed E-state index contributed by atoms with van der Waals surface area (Å²) in [4.78, 5) is 17.6. The van der Waals surface area contributed by atoms with Gasteiger partial charge < -0.3 is 25.2 Å². The number of benzene rings is 2. The number of rotatable bonds is 10. The van der Waals surface area contributed by atoms with Crippen molar-refractivity contribution in [3.05, 3.63) is 82.1 Å². The molecule has 2 fully saturated rings. The predicted molar refractivity (Wildman–Crippen MR) is 186 cm³/mol. The van der Waals surface area contributed by atoms with Crippen molar-refractivity contribution in [3.63, 3.8) is 0 Å². The fourth-order valence-electron chi connectivity index (χ4n) is 9.07. The molecule has 1 saturated heterocycles. The highest BCUT2D eigenvalue weighted by atomic mass is 35.5. The molecule has 2 heterocycles. The van der Waals surface area contributed by atoms with Gasteiger partial charge in [-0.15, -0.1) is 0 Å². The van der Waals surface area contributed by atoms with E-state index < -0.39 is 11.5 Å². The van der Waals surface area contributed by atoms with Crippen molar-refractivity contribution in [2.24, 2.45) is 11.8 Å². The number of halogens is 1. The average Bonchev–Trinajstić information content (AvgIpc) is 3.67. The lowest BCUT2D eigenvalue weighted by Crippen LogP contribution is -2.53. The molecule has 250 valence electrons. The van der Waals surface area contributed by atoms with Crippen molar-refractivity contribution in [1.82, 2.24) is 10.3 Å². The number of carboxylic acids is 1. The Kier molecular flexibility index (Phi) is 9.14. The van der Waals surface area contributed by atoms with Crippen molar-refractivity contribution in [3.8, 4) is 11.5 Å². The van der Waals surface area contributed by atoms with E-state index in [0.717, 1.165) is 68.8 Å². The van der Waals surface area contributed by atoms with Gasteiger partial charge in [0.25, 0.3) is 0 Å². The summed E-state index contributed by atoms with van der Waals surface area (Å²) in [6.07, 6.45) is 11.2. The first kappa shape index (κ1) is 32.3. The van der Waals surface area contributed by atoms with E-state index in [-0.39, 0.29) is 11.5 Å². The maximum Gasteiger partial charge on any atom is 0.329 e. The second-order valence-corrected chi connectivity index (χ2v) is 15.2. The second-order valence-electron chi connectivity index (χ2n) is 14.7. The number of aromatic nitrogens is 1. The molecule has 0 unspecified atom stereocenters. The number of hydrogen-bond donors (Lipinski definition) is 3. The Balaban J connectivity index is 1.13. The molecule has 0 bridgehead atoms. The van der Waals surface area contributed by atoms with Crippen LogP contribution in [0.4, 0.5) is 5.69 Å². The summed E-state index contributed by atoms with van der Waals surface area (Å²) < 4.78 is 13.0. The lowest BCUT2D eigenvalue weighted by atomic mass is 9.59. The van der Waals surface area contributed by atoms with Crippen LogP contribution in [0.5, 0.6) is 11.5 Å². The van der Waals surface area contributed by atoms with Crippen LogP contribution in [0.1, 0.15) is 93.5 Å². The number of pyridine rings is 1. The standard InChI is InChI=1S/C39H48ClN3O4/c1-25(24-46-35-12-18-42-34-8-3-5-26(2)36(34)35)19-28-20-27-9-10-31(47-32-11-17-41-23-32)22-33(27)38(28)13-15-39(16-14-38,37(44)45)43-30-7-4-6-29(40)21-30/h4,6-7,9-10,12,18,21-22,25-26,28,32,41,43H,3,5,8,11,13-17,19-20,23-24H2,1-2H3,(H,44,45)/t25-,26-,28+,32+,38?,39?/m1/s1. The van der Waals surface area contributed by atoms with Gasteiger partial charge in [0.2, 0.25) is 0 Å². The van der Waals surface area contributed by atoms with Crippen molar-refractivity contribution in [1.29, 1.82) is 0 Å². The number of nitrogens with zero attached hydrogens (tertiary/aromatic N) is 1. The third-order valence-corrected chi connectivity index (χ3v) is 11.8. The summed E-state index contributed by atoms with van der Waals surface area (Å²) in [6, 6.07) is 16.1. The van der Waals surface area contributed by atoms with Gasteiger partial charge in [-0.1, -0.05) is 37.6 Å². The number of hydrogen-bond acceptors (Lipinski definition) is 6. The Bertz CT molecular complexity index is 1600.